The first-order valence-corrected chi connectivity index (χ1v) is 9.52. The van der Waals surface area contributed by atoms with Crippen LogP contribution in [0.2, 0.25) is 5.02 Å². The number of carbonyl (C=O) groups excluding carboxylic acids is 1. The second-order valence-corrected chi connectivity index (χ2v) is 7.13. The van der Waals surface area contributed by atoms with Gasteiger partial charge in [-0.2, -0.15) is 13.9 Å². The van der Waals surface area contributed by atoms with Crippen molar-refractivity contribution in [3.05, 3.63) is 82.6 Å². The predicted octanol–water partition coefficient (Wildman–Crippen LogP) is 5.25. The average molecular weight is 456 g/mol. The Balaban J connectivity index is 1.58. The minimum Gasteiger partial charge on any atom is -0.370 e. The van der Waals surface area contributed by atoms with Gasteiger partial charge >= 0.3 is 12.3 Å². The van der Waals surface area contributed by atoms with E-state index in [0.717, 1.165) is 5.56 Å². The van der Waals surface area contributed by atoms with Gasteiger partial charge in [0.2, 0.25) is 0 Å². The summed E-state index contributed by atoms with van der Waals surface area (Å²) in [7, 11) is 0. The molecule has 31 heavy (non-hydrogen) atoms. The van der Waals surface area contributed by atoms with E-state index in [9.17, 15) is 22.4 Å². The molecule has 0 unspecified atom stereocenters. The molecule has 1 heterocycles. The van der Waals surface area contributed by atoms with Crippen LogP contribution < -0.4 is 5.32 Å². The molecule has 0 radical (unpaired) electrons. The number of nitrogens with zero attached hydrogens (tertiary/aromatic N) is 2. The van der Waals surface area contributed by atoms with Crippen molar-refractivity contribution < 1.29 is 27.1 Å². The topological polar surface area (TPSA) is 56.2 Å². The molecule has 0 fully saturated rings. The minimum absolute atomic E-state index is 0.251. The molecular weight excluding hydrogens is 438 g/mol. The van der Waals surface area contributed by atoms with E-state index in [2.05, 4.69) is 15.2 Å². The number of aromatic nitrogens is 2. The number of carbonyl (C=O) groups is 1. The lowest BCUT2D eigenvalue weighted by molar-refractivity contribution is -0.168. The van der Waals surface area contributed by atoms with Crippen molar-refractivity contribution in [1.82, 2.24) is 9.78 Å². The van der Waals surface area contributed by atoms with Gasteiger partial charge in [-0.3, -0.25) is 9.48 Å². The Hall–Kier alpha value is -2.91. The number of ether oxygens (including phenoxy) is 1. The van der Waals surface area contributed by atoms with Crippen molar-refractivity contribution in [2.75, 3.05) is 11.9 Å². The Morgan fingerprint density at radius 3 is 2.71 bits per heavy atom. The summed E-state index contributed by atoms with van der Waals surface area (Å²) in [5.74, 6) is -4.67. The van der Waals surface area contributed by atoms with Crippen LogP contribution in [0.1, 0.15) is 21.5 Å². The largest absolute Gasteiger partial charge is 0.370 e. The number of benzene rings is 2. The summed E-state index contributed by atoms with van der Waals surface area (Å²) in [6, 6.07) is 13.4. The highest BCUT2D eigenvalue weighted by Crippen LogP contribution is 2.23. The molecule has 0 bridgehead atoms. The predicted molar refractivity (Wildman–Crippen MR) is 108 cm³/mol. The fourth-order valence-corrected chi connectivity index (χ4v) is 2.88. The minimum atomic E-state index is -4.22. The summed E-state index contributed by atoms with van der Waals surface area (Å²) in [6.07, 6.45) is -0.683. The van der Waals surface area contributed by atoms with E-state index in [1.165, 1.54) is 18.3 Å². The Morgan fingerprint density at radius 1 is 1.19 bits per heavy atom. The van der Waals surface area contributed by atoms with Gasteiger partial charge in [0.05, 0.1) is 25.0 Å². The zero-order valence-electron chi connectivity index (χ0n) is 16.1. The van der Waals surface area contributed by atoms with Gasteiger partial charge in [0.25, 0.3) is 5.91 Å². The fourth-order valence-electron chi connectivity index (χ4n) is 2.69. The molecule has 2 aromatic carbocycles. The molecule has 0 aliphatic rings. The van der Waals surface area contributed by atoms with E-state index in [1.54, 1.807) is 29.1 Å². The zero-order chi connectivity index (χ0) is 22.4. The molecule has 0 aliphatic carbocycles. The SMILES string of the molecule is O=C(Nc1cnn(Cc2ccccc2Cl)c1)c1cccc(COCC(F)(F)C(F)F)c1. The standard InChI is InChI=1S/C21H18ClF4N3O2/c22-18-7-2-1-5-16(18)10-29-11-17(9-27-29)28-19(30)15-6-3-4-14(8-15)12-31-13-21(25,26)20(23)24/h1-9,11,20H,10,12-13H2,(H,28,30). The third-order valence-electron chi connectivity index (χ3n) is 4.25. The lowest BCUT2D eigenvalue weighted by Crippen LogP contribution is -2.32. The number of anilines is 1. The van der Waals surface area contributed by atoms with Crippen LogP contribution in [-0.2, 0) is 17.9 Å². The van der Waals surface area contributed by atoms with Crippen LogP contribution in [0.15, 0.2) is 60.9 Å². The number of hydrogen-bond acceptors (Lipinski definition) is 3. The van der Waals surface area contributed by atoms with Crippen LogP contribution in [0.5, 0.6) is 0 Å². The van der Waals surface area contributed by atoms with Crippen LogP contribution in [0.25, 0.3) is 0 Å². The first-order chi connectivity index (χ1) is 14.7. The molecule has 3 aromatic rings. The summed E-state index contributed by atoms with van der Waals surface area (Å²) in [4.78, 5) is 12.5. The third-order valence-corrected chi connectivity index (χ3v) is 4.62. The number of hydrogen-bond donors (Lipinski definition) is 1. The van der Waals surface area contributed by atoms with E-state index >= 15 is 0 Å². The fraction of sp³-hybridized carbons (Fsp3) is 0.238. The molecule has 0 saturated carbocycles. The Bertz CT molecular complexity index is 1040. The first-order valence-electron chi connectivity index (χ1n) is 9.14. The second-order valence-electron chi connectivity index (χ2n) is 6.73. The quantitative estimate of drug-likeness (QED) is 0.448. The van der Waals surface area contributed by atoms with Gasteiger partial charge in [-0.1, -0.05) is 41.9 Å². The molecular formula is C21H18ClF4N3O2. The smallest absolute Gasteiger partial charge is 0.330 e. The van der Waals surface area contributed by atoms with Gasteiger partial charge in [0.1, 0.15) is 6.61 Å². The van der Waals surface area contributed by atoms with Gasteiger partial charge in [-0.25, -0.2) is 8.78 Å². The van der Waals surface area contributed by atoms with Crippen molar-refractivity contribution in [2.24, 2.45) is 0 Å². The van der Waals surface area contributed by atoms with Crippen molar-refractivity contribution in [1.29, 1.82) is 0 Å². The number of alkyl halides is 4. The maximum atomic E-state index is 12.9. The Labute approximate surface area is 180 Å². The van der Waals surface area contributed by atoms with Crippen LogP contribution >= 0.6 is 11.6 Å². The monoisotopic (exact) mass is 455 g/mol. The molecule has 0 atom stereocenters. The summed E-state index contributed by atoms with van der Waals surface area (Å²) >= 11 is 6.14. The molecule has 0 spiro atoms. The molecule has 1 aromatic heterocycles. The molecule has 0 saturated heterocycles. The highest BCUT2D eigenvalue weighted by atomic mass is 35.5. The number of nitrogens with one attached hydrogen (secondary N) is 1. The molecule has 1 amide bonds. The van der Waals surface area contributed by atoms with Crippen molar-refractivity contribution >= 4 is 23.2 Å². The molecule has 3 rings (SSSR count). The molecule has 0 aliphatic heterocycles. The normalized spacial score (nSPS) is 11.7. The summed E-state index contributed by atoms with van der Waals surface area (Å²) < 4.78 is 56.4. The molecule has 10 heteroatoms. The highest BCUT2D eigenvalue weighted by molar-refractivity contribution is 6.31. The van der Waals surface area contributed by atoms with Crippen LogP contribution in [-0.4, -0.2) is 34.6 Å². The van der Waals surface area contributed by atoms with Crippen LogP contribution in [0, 0.1) is 0 Å². The second kappa shape index (κ2) is 9.93. The van der Waals surface area contributed by atoms with Gasteiger partial charge in [0, 0.05) is 16.8 Å². The van der Waals surface area contributed by atoms with Gasteiger partial charge < -0.3 is 10.1 Å². The van der Waals surface area contributed by atoms with E-state index in [4.69, 9.17) is 11.6 Å². The maximum Gasteiger partial charge on any atom is 0.330 e. The van der Waals surface area contributed by atoms with Gasteiger partial charge in [-0.15, -0.1) is 0 Å². The van der Waals surface area contributed by atoms with Gasteiger partial charge in [0.15, 0.2) is 0 Å². The van der Waals surface area contributed by atoms with E-state index < -0.39 is 24.9 Å². The van der Waals surface area contributed by atoms with Gasteiger partial charge in [-0.05, 0) is 29.3 Å². The van der Waals surface area contributed by atoms with E-state index in [0.29, 0.717) is 22.8 Å². The summed E-state index contributed by atoms with van der Waals surface area (Å²) in [5.41, 5.74) is 1.97. The number of halogens is 5. The number of rotatable bonds is 9. The van der Waals surface area contributed by atoms with Crippen molar-refractivity contribution in [3.63, 3.8) is 0 Å². The lowest BCUT2D eigenvalue weighted by Gasteiger charge is -2.15. The molecule has 164 valence electrons. The Morgan fingerprint density at radius 2 is 1.97 bits per heavy atom. The summed E-state index contributed by atoms with van der Waals surface area (Å²) in [6.45, 7) is -1.32. The molecule has 5 nitrogen and oxygen atoms in total. The zero-order valence-corrected chi connectivity index (χ0v) is 16.8. The molecule has 1 N–H and O–H groups in total. The highest BCUT2D eigenvalue weighted by Gasteiger charge is 2.40. The van der Waals surface area contributed by atoms with Crippen LogP contribution in [0.3, 0.4) is 0 Å². The van der Waals surface area contributed by atoms with E-state index in [-0.39, 0.29) is 12.2 Å². The van der Waals surface area contributed by atoms with Crippen molar-refractivity contribution in [3.8, 4) is 0 Å². The van der Waals surface area contributed by atoms with Crippen molar-refractivity contribution in [2.45, 2.75) is 25.5 Å². The first kappa shape index (κ1) is 22.8. The third kappa shape index (κ3) is 6.28. The average Bonchev–Trinajstić information content (AvgIpc) is 3.16. The Kier molecular flexibility index (Phi) is 7.29. The van der Waals surface area contributed by atoms with Crippen LogP contribution in [0.4, 0.5) is 23.2 Å². The summed E-state index contributed by atoms with van der Waals surface area (Å²) in [5, 5.41) is 7.48. The maximum absolute atomic E-state index is 12.9. The number of amides is 1. The van der Waals surface area contributed by atoms with E-state index in [1.807, 2.05) is 18.2 Å². The lowest BCUT2D eigenvalue weighted by atomic mass is 10.1.